The minimum absolute atomic E-state index is 0.0376. The van der Waals surface area contributed by atoms with Gasteiger partial charge in [0.1, 0.15) is 5.78 Å². The van der Waals surface area contributed by atoms with Crippen molar-refractivity contribution in [3.8, 4) is 0 Å². The number of nitrogens with one attached hydrogen (secondary N) is 1. The first kappa shape index (κ1) is 13.4. The van der Waals surface area contributed by atoms with Crippen molar-refractivity contribution in [2.45, 2.75) is 13.3 Å². The third-order valence-electron chi connectivity index (χ3n) is 1.81. The Morgan fingerprint density at radius 2 is 2.14 bits per heavy atom. The summed E-state index contributed by atoms with van der Waals surface area (Å²) in [6.07, 6.45) is -0.0537. The lowest BCUT2D eigenvalue weighted by atomic mass is 10.0. The maximum atomic E-state index is 11.1. The van der Waals surface area contributed by atoms with E-state index < -0.39 is 5.97 Å². The molecule has 5 heteroatoms. The fraction of sp³-hybridized carbons (Fsp3) is 0.778. The van der Waals surface area contributed by atoms with Crippen molar-refractivity contribution in [3.05, 3.63) is 0 Å². The summed E-state index contributed by atoms with van der Waals surface area (Å²) in [5, 5.41) is 11.6. The molecular formula is C9H17NO3S. The van der Waals surface area contributed by atoms with Crippen LogP contribution in [0.3, 0.4) is 0 Å². The zero-order valence-electron chi connectivity index (χ0n) is 8.58. The lowest BCUT2D eigenvalue weighted by molar-refractivity contribution is -0.140. The fourth-order valence-electron chi connectivity index (χ4n) is 0.931. The standard InChI is InChI=1S/C9H17NO3S/c1-7(11)8(5-9(12)13)6-14-4-3-10-2/h8,10H,3-6H2,1-2H3,(H,12,13). The highest BCUT2D eigenvalue weighted by molar-refractivity contribution is 7.99. The molecule has 0 aromatic heterocycles. The Kier molecular flexibility index (Phi) is 7.51. The maximum Gasteiger partial charge on any atom is 0.304 e. The van der Waals surface area contributed by atoms with Gasteiger partial charge in [-0.05, 0) is 14.0 Å². The minimum atomic E-state index is -0.903. The average molecular weight is 219 g/mol. The molecule has 0 saturated carbocycles. The smallest absolute Gasteiger partial charge is 0.304 e. The minimum Gasteiger partial charge on any atom is -0.481 e. The fourth-order valence-corrected chi connectivity index (χ4v) is 2.08. The van der Waals surface area contributed by atoms with E-state index in [1.807, 2.05) is 7.05 Å². The van der Waals surface area contributed by atoms with Gasteiger partial charge in [-0.1, -0.05) is 0 Å². The molecule has 4 nitrogen and oxygen atoms in total. The number of thioether (sulfide) groups is 1. The van der Waals surface area contributed by atoms with Gasteiger partial charge in [0.25, 0.3) is 0 Å². The van der Waals surface area contributed by atoms with E-state index >= 15 is 0 Å². The zero-order valence-corrected chi connectivity index (χ0v) is 9.39. The van der Waals surface area contributed by atoms with Gasteiger partial charge in [0.05, 0.1) is 6.42 Å². The van der Waals surface area contributed by atoms with Gasteiger partial charge in [0.15, 0.2) is 0 Å². The summed E-state index contributed by atoms with van der Waals surface area (Å²) >= 11 is 1.61. The first-order valence-electron chi connectivity index (χ1n) is 4.52. The molecule has 0 bridgehead atoms. The number of carbonyl (C=O) groups is 2. The van der Waals surface area contributed by atoms with Gasteiger partial charge < -0.3 is 10.4 Å². The molecule has 1 atom stereocenters. The molecule has 2 N–H and O–H groups in total. The molecule has 82 valence electrons. The van der Waals surface area contributed by atoms with E-state index in [1.54, 1.807) is 11.8 Å². The molecule has 0 spiro atoms. The van der Waals surface area contributed by atoms with Crippen molar-refractivity contribution < 1.29 is 14.7 Å². The Morgan fingerprint density at radius 3 is 2.57 bits per heavy atom. The van der Waals surface area contributed by atoms with Crippen LogP contribution in [-0.2, 0) is 9.59 Å². The SMILES string of the molecule is CNCCSCC(CC(=O)O)C(C)=O. The van der Waals surface area contributed by atoms with Crippen LogP contribution < -0.4 is 5.32 Å². The molecule has 0 saturated heterocycles. The number of hydrogen-bond acceptors (Lipinski definition) is 4. The molecule has 0 amide bonds. The van der Waals surface area contributed by atoms with Crippen LogP contribution in [0.5, 0.6) is 0 Å². The van der Waals surface area contributed by atoms with E-state index in [4.69, 9.17) is 5.11 Å². The van der Waals surface area contributed by atoms with Crippen LogP contribution in [0.4, 0.5) is 0 Å². The van der Waals surface area contributed by atoms with Crippen molar-refractivity contribution in [1.82, 2.24) is 5.32 Å². The summed E-state index contributed by atoms with van der Waals surface area (Å²) in [6, 6.07) is 0. The molecule has 0 rings (SSSR count). The second-order valence-corrected chi connectivity index (χ2v) is 4.23. The molecule has 0 aliphatic rings. The van der Waals surface area contributed by atoms with Crippen molar-refractivity contribution in [2.24, 2.45) is 5.92 Å². The summed E-state index contributed by atoms with van der Waals surface area (Å²) in [5.74, 6) is 0.224. The molecule has 0 radical (unpaired) electrons. The predicted octanol–water partition coefficient (Wildman–Crippen LogP) is 0.619. The molecule has 1 unspecified atom stereocenters. The molecule has 0 aromatic carbocycles. The molecule has 0 aliphatic heterocycles. The highest BCUT2D eigenvalue weighted by atomic mass is 32.2. The number of ketones is 1. The number of carbonyl (C=O) groups excluding carboxylic acids is 1. The van der Waals surface area contributed by atoms with Crippen LogP contribution in [-0.4, -0.2) is 42.0 Å². The number of carboxylic acids is 1. The lowest BCUT2D eigenvalue weighted by Crippen LogP contribution is -2.19. The Hall–Kier alpha value is -0.550. The van der Waals surface area contributed by atoms with E-state index in [0.717, 1.165) is 12.3 Å². The van der Waals surface area contributed by atoms with Gasteiger partial charge in [-0.2, -0.15) is 11.8 Å². The van der Waals surface area contributed by atoms with Crippen molar-refractivity contribution in [3.63, 3.8) is 0 Å². The first-order chi connectivity index (χ1) is 6.57. The molecule has 0 heterocycles. The van der Waals surface area contributed by atoms with Gasteiger partial charge in [-0.15, -0.1) is 0 Å². The molecule has 0 fully saturated rings. The summed E-state index contributed by atoms with van der Waals surface area (Å²) in [7, 11) is 1.86. The molecule has 14 heavy (non-hydrogen) atoms. The van der Waals surface area contributed by atoms with E-state index in [-0.39, 0.29) is 18.1 Å². The van der Waals surface area contributed by atoms with Crippen LogP contribution in [0.1, 0.15) is 13.3 Å². The largest absolute Gasteiger partial charge is 0.481 e. The zero-order chi connectivity index (χ0) is 11.0. The van der Waals surface area contributed by atoms with Crippen LogP contribution in [0, 0.1) is 5.92 Å². The summed E-state index contributed by atoms with van der Waals surface area (Å²) < 4.78 is 0. The maximum absolute atomic E-state index is 11.1. The Morgan fingerprint density at radius 1 is 1.50 bits per heavy atom. The van der Waals surface area contributed by atoms with E-state index in [9.17, 15) is 9.59 Å². The number of carboxylic acid groups (broad SMARTS) is 1. The molecule has 0 aliphatic carbocycles. The lowest BCUT2D eigenvalue weighted by Gasteiger charge is -2.10. The van der Waals surface area contributed by atoms with Crippen LogP contribution in [0.25, 0.3) is 0 Å². The Balaban J connectivity index is 3.74. The van der Waals surface area contributed by atoms with Gasteiger partial charge in [-0.25, -0.2) is 0 Å². The quantitative estimate of drug-likeness (QED) is 0.586. The summed E-state index contributed by atoms with van der Waals surface area (Å²) in [4.78, 5) is 21.5. The van der Waals surface area contributed by atoms with E-state index in [0.29, 0.717) is 5.75 Å². The topological polar surface area (TPSA) is 66.4 Å². The van der Waals surface area contributed by atoms with E-state index in [1.165, 1.54) is 6.92 Å². The van der Waals surface area contributed by atoms with Crippen LogP contribution in [0.2, 0.25) is 0 Å². The normalized spacial score (nSPS) is 12.4. The van der Waals surface area contributed by atoms with Gasteiger partial charge in [0, 0.05) is 24.0 Å². The van der Waals surface area contributed by atoms with Crippen molar-refractivity contribution >= 4 is 23.5 Å². The predicted molar refractivity (Wildman–Crippen MR) is 57.7 cm³/mol. The van der Waals surface area contributed by atoms with Gasteiger partial charge in [-0.3, -0.25) is 9.59 Å². The number of hydrogen-bond donors (Lipinski definition) is 2. The highest BCUT2D eigenvalue weighted by Gasteiger charge is 2.17. The van der Waals surface area contributed by atoms with Gasteiger partial charge in [0.2, 0.25) is 0 Å². The van der Waals surface area contributed by atoms with Crippen LogP contribution >= 0.6 is 11.8 Å². The first-order valence-corrected chi connectivity index (χ1v) is 5.68. The summed E-state index contributed by atoms with van der Waals surface area (Å²) in [5.41, 5.74) is 0. The Bertz CT molecular complexity index is 196. The summed E-state index contributed by atoms with van der Waals surface area (Å²) in [6.45, 7) is 2.33. The van der Waals surface area contributed by atoms with Gasteiger partial charge >= 0.3 is 5.97 Å². The third kappa shape index (κ3) is 6.91. The number of aliphatic carboxylic acids is 1. The monoisotopic (exact) mass is 219 g/mol. The number of rotatable bonds is 8. The third-order valence-corrected chi connectivity index (χ3v) is 2.94. The highest BCUT2D eigenvalue weighted by Crippen LogP contribution is 2.13. The van der Waals surface area contributed by atoms with Crippen LogP contribution in [0.15, 0.2) is 0 Å². The second kappa shape index (κ2) is 7.82. The molecule has 0 aromatic rings. The Labute approximate surface area is 88.4 Å². The number of Topliss-reactive ketones (excluding diaryl/α,β-unsaturated/α-hetero) is 1. The average Bonchev–Trinajstić information content (AvgIpc) is 2.09. The second-order valence-electron chi connectivity index (χ2n) is 3.08. The van der Waals surface area contributed by atoms with Crippen molar-refractivity contribution in [1.29, 1.82) is 0 Å². The van der Waals surface area contributed by atoms with Crippen molar-refractivity contribution in [2.75, 3.05) is 25.1 Å². The molecular weight excluding hydrogens is 202 g/mol. The van der Waals surface area contributed by atoms with E-state index in [2.05, 4.69) is 5.32 Å².